The molecule has 2 amide bonds. The Kier molecular flexibility index (Phi) is 4.99. The molecule has 0 bridgehead atoms. The predicted molar refractivity (Wildman–Crippen MR) is 85.6 cm³/mol. The standard InChI is InChI=1S/C11H15N5O7S2/c1-11(2)7(9(18)16(11)23-25(19,20)21)14-8(17)6(15-22-3)5-4-24-10(12)13-5/h4,7H,1-3H3,(H2,12,13)(H,14,17)(H,19,20,21)/b15-6-/t7-/m1/s1. The SMILES string of the molecule is CO/N=C(\C(=O)N[C@@H]1C(=O)N(OS(=O)(=O)O)C1(C)C)c1csc(N)n1. The number of nitrogen functional groups attached to an aromatic ring is 1. The highest BCUT2D eigenvalue weighted by atomic mass is 32.3. The number of carbonyl (C=O) groups is 2. The summed E-state index contributed by atoms with van der Waals surface area (Å²) in [6.07, 6.45) is 0. The Balaban J connectivity index is 2.17. The zero-order chi connectivity index (χ0) is 19.0. The van der Waals surface area contributed by atoms with Crippen LogP contribution in [-0.4, -0.2) is 59.2 Å². The van der Waals surface area contributed by atoms with E-state index in [-0.39, 0.29) is 16.5 Å². The van der Waals surface area contributed by atoms with Gasteiger partial charge in [-0.25, -0.2) is 4.98 Å². The number of thiazole rings is 1. The van der Waals surface area contributed by atoms with Gasteiger partial charge >= 0.3 is 10.4 Å². The van der Waals surface area contributed by atoms with Crippen LogP contribution < -0.4 is 11.1 Å². The van der Waals surface area contributed by atoms with Gasteiger partial charge < -0.3 is 15.9 Å². The van der Waals surface area contributed by atoms with Crippen molar-refractivity contribution in [1.29, 1.82) is 0 Å². The molecule has 0 radical (unpaired) electrons. The van der Waals surface area contributed by atoms with Crippen LogP contribution in [0.25, 0.3) is 0 Å². The average molecular weight is 393 g/mol. The molecule has 138 valence electrons. The van der Waals surface area contributed by atoms with E-state index in [9.17, 15) is 18.0 Å². The zero-order valence-electron chi connectivity index (χ0n) is 13.3. The molecule has 1 aromatic heterocycles. The van der Waals surface area contributed by atoms with Gasteiger partial charge in [0.15, 0.2) is 10.8 Å². The van der Waals surface area contributed by atoms with E-state index in [0.29, 0.717) is 5.06 Å². The van der Waals surface area contributed by atoms with Crippen molar-refractivity contribution in [2.75, 3.05) is 12.8 Å². The van der Waals surface area contributed by atoms with Gasteiger partial charge in [0.05, 0.1) is 5.54 Å². The molecule has 1 saturated heterocycles. The third-order valence-corrected chi connectivity index (χ3v) is 4.29. The molecule has 14 heteroatoms. The second-order valence-corrected chi connectivity index (χ2v) is 7.28. The number of oxime groups is 1. The molecule has 25 heavy (non-hydrogen) atoms. The van der Waals surface area contributed by atoms with E-state index in [1.807, 2.05) is 0 Å². The number of β-lactam (4-membered cyclic amide) rings is 1. The van der Waals surface area contributed by atoms with E-state index < -0.39 is 33.8 Å². The summed E-state index contributed by atoms with van der Waals surface area (Å²) in [5.41, 5.74) is 4.20. The lowest BCUT2D eigenvalue weighted by atomic mass is 9.84. The van der Waals surface area contributed by atoms with Gasteiger partial charge in [-0.1, -0.05) is 5.16 Å². The maximum Gasteiger partial charge on any atom is 0.418 e. The third kappa shape index (κ3) is 3.87. The normalized spacial score (nSPS) is 20.2. The van der Waals surface area contributed by atoms with E-state index in [1.165, 1.54) is 26.3 Å². The number of nitrogens with zero attached hydrogens (tertiary/aromatic N) is 3. The summed E-state index contributed by atoms with van der Waals surface area (Å²) in [4.78, 5) is 32.9. The Hall–Kier alpha value is -2.29. The van der Waals surface area contributed by atoms with E-state index in [0.717, 1.165) is 11.3 Å². The molecular weight excluding hydrogens is 378 g/mol. The van der Waals surface area contributed by atoms with Crippen molar-refractivity contribution >= 4 is 44.4 Å². The molecule has 2 rings (SSSR count). The largest absolute Gasteiger partial charge is 0.418 e. The molecule has 0 aliphatic carbocycles. The van der Waals surface area contributed by atoms with Crippen LogP contribution in [-0.2, 0) is 29.1 Å². The number of rotatable bonds is 6. The fraction of sp³-hybridized carbons (Fsp3) is 0.455. The molecule has 4 N–H and O–H groups in total. The van der Waals surface area contributed by atoms with Crippen LogP contribution in [0.4, 0.5) is 5.13 Å². The fourth-order valence-electron chi connectivity index (χ4n) is 2.11. The summed E-state index contributed by atoms with van der Waals surface area (Å²) < 4.78 is 34.4. The number of carbonyl (C=O) groups excluding carboxylic acids is 2. The smallest absolute Gasteiger partial charge is 0.398 e. The van der Waals surface area contributed by atoms with Gasteiger partial charge in [-0.05, 0) is 13.8 Å². The van der Waals surface area contributed by atoms with Crippen LogP contribution in [0, 0.1) is 0 Å². The Labute approximate surface area is 146 Å². The lowest BCUT2D eigenvalue weighted by Crippen LogP contribution is -2.76. The molecule has 1 atom stereocenters. The van der Waals surface area contributed by atoms with Crippen molar-refractivity contribution < 1.29 is 31.7 Å². The lowest BCUT2D eigenvalue weighted by molar-refractivity contribution is -0.218. The second kappa shape index (κ2) is 6.55. The minimum Gasteiger partial charge on any atom is -0.398 e. The van der Waals surface area contributed by atoms with E-state index in [4.69, 9.17) is 10.3 Å². The molecule has 1 fully saturated rings. The minimum absolute atomic E-state index is 0.150. The topological polar surface area (TPSA) is 174 Å². The molecule has 0 saturated carbocycles. The summed E-state index contributed by atoms with van der Waals surface area (Å²) in [7, 11) is -3.65. The average Bonchev–Trinajstić information content (AvgIpc) is 2.92. The molecule has 0 aromatic carbocycles. The maximum atomic E-state index is 12.4. The highest BCUT2D eigenvalue weighted by Crippen LogP contribution is 2.32. The Morgan fingerprint density at radius 2 is 2.20 bits per heavy atom. The summed E-state index contributed by atoms with van der Waals surface area (Å²) in [6, 6.07) is -1.13. The molecule has 1 aromatic rings. The Morgan fingerprint density at radius 3 is 2.64 bits per heavy atom. The summed E-state index contributed by atoms with van der Waals surface area (Å²) >= 11 is 1.08. The number of hydrogen-bond donors (Lipinski definition) is 3. The molecule has 2 heterocycles. The number of anilines is 1. The van der Waals surface area contributed by atoms with Crippen molar-refractivity contribution in [2.45, 2.75) is 25.4 Å². The van der Waals surface area contributed by atoms with Gasteiger partial charge in [0.25, 0.3) is 11.8 Å². The van der Waals surface area contributed by atoms with Crippen molar-refractivity contribution in [3.63, 3.8) is 0 Å². The Bertz CT molecular complexity index is 832. The van der Waals surface area contributed by atoms with Crippen molar-refractivity contribution in [3.8, 4) is 0 Å². The van der Waals surface area contributed by atoms with Crippen molar-refractivity contribution in [1.82, 2.24) is 15.4 Å². The monoisotopic (exact) mass is 393 g/mol. The quantitative estimate of drug-likeness (QED) is 0.235. The number of hydroxylamine groups is 2. The second-order valence-electron chi connectivity index (χ2n) is 5.39. The number of aromatic nitrogens is 1. The molecule has 1 aliphatic heterocycles. The third-order valence-electron chi connectivity index (χ3n) is 3.28. The number of hydrogen-bond acceptors (Lipinski definition) is 10. The van der Waals surface area contributed by atoms with E-state index in [2.05, 4.69) is 24.6 Å². The van der Waals surface area contributed by atoms with Crippen molar-refractivity contribution in [3.05, 3.63) is 11.1 Å². The van der Waals surface area contributed by atoms with Crippen molar-refractivity contribution in [2.24, 2.45) is 5.16 Å². The first-order valence-electron chi connectivity index (χ1n) is 6.62. The lowest BCUT2D eigenvalue weighted by Gasteiger charge is -2.50. The van der Waals surface area contributed by atoms with Crippen LogP contribution in [0.1, 0.15) is 19.5 Å². The molecule has 1 aliphatic rings. The van der Waals surface area contributed by atoms with Crippen LogP contribution in [0.3, 0.4) is 0 Å². The predicted octanol–water partition coefficient (Wildman–Crippen LogP) is -1.08. The number of nitrogens with two attached hydrogens (primary N) is 1. The van der Waals surface area contributed by atoms with Gasteiger partial charge in [-0.3, -0.25) is 14.1 Å². The van der Waals surface area contributed by atoms with Gasteiger partial charge in [0.2, 0.25) is 0 Å². The summed E-state index contributed by atoms with van der Waals surface area (Å²) in [5.74, 6) is -1.66. The van der Waals surface area contributed by atoms with E-state index >= 15 is 0 Å². The highest BCUT2D eigenvalue weighted by molar-refractivity contribution is 7.80. The number of amides is 2. The first kappa shape index (κ1) is 19.0. The van der Waals surface area contributed by atoms with E-state index in [1.54, 1.807) is 0 Å². The first-order valence-corrected chi connectivity index (χ1v) is 8.86. The molecule has 0 spiro atoms. The Morgan fingerprint density at radius 1 is 1.56 bits per heavy atom. The summed E-state index contributed by atoms with van der Waals surface area (Å²) in [6.45, 7) is 2.86. The zero-order valence-corrected chi connectivity index (χ0v) is 14.9. The highest BCUT2D eigenvalue weighted by Gasteiger charge is 2.58. The van der Waals surface area contributed by atoms with Crippen LogP contribution in [0.2, 0.25) is 0 Å². The fourth-order valence-corrected chi connectivity index (χ4v) is 3.11. The van der Waals surface area contributed by atoms with Gasteiger partial charge in [-0.2, -0.15) is 13.5 Å². The molecule has 12 nitrogen and oxygen atoms in total. The number of nitrogens with one attached hydrogen (secondary N) is 1. The van der Waals surface area contributed by atoms with Gasteiger partial charge in [0.1, 0.15) is 18.8 Å². The van der Waals surface area contributed by atoms with Crippen LogP contribution in [0.15, 0.2) is 10.5 Å². The van der Waals surface area contributed by atoms with Gasteiger partial charge in [0, 0.05) is 5.38 Å². The molecular formula is C11H15N5O7S2. The summed E-state index contributed by atoms with van der Waals surface area (Å²) in [5, 5.41) is 8.10. The van der Waals surface area contributed by atoms with Crippen LogP contribution in [0.5, 0.6) is 0 Å². The van der Waals surface area contributed by atoms with Crippen LogP contribution >= 0.6 is 11.3 Å². The maximum absolute atomic E-state index is 12.4. The first-order chi connectivity index (χ1) is 11.5. The molecule has 0 unspecified atom stereocenters. The minimum atomic E-state index is -4.88. The van der Waals surface area contributed by atoms with Gasteiger partial charge in [-0.15, -0.1) is 15.6 Å².